The third-order valence-electron chi connectivity index (χ3n) is 5.48. The zero-order chi connectivity index (χ0) is 31.9. The van der Waals surface area contributed by atoms with Gasteiger partial charge in [0.1, 0.15) is 17.0 Å². The second-order valence-electron chi connectivity index (χ2n) is 11.8. The molecule has 3 aromatic carbocycles. The molecule has 0 saturated heterocycles. The van der Waals surface area contributed by atoms with Crippen LogP contribution in [0.4, 0.5) is 21.0 Å². The van der Waals surface area contributed by atoms with Crippen LogP contribution < -0.4 is 20.7 Å². The van der Waals surface area contributed by atoms with Crippen LogP contribution in [0.5, 0.6) is 5.75 Å². The Morgan fingerprint density at radius 3 is 1.43 bits per heavy atom. The van der Waals surface area contributed by atoms with Crippen molar-refractivity contribution in [2.45, 2.75) is 72.5 Å². The summed E-state index contributed by atoms with van der Waals surface area (Å²) in [7, 11) is 0. The van der Waals surface area contributed by atoms with E-state index in [9.17, 15) is 9.59 Å². The van der Waals surface area contributed by atoms with Crippen LogP contribution in [-0.2, 0) is 55.0 Å². The van der Waals surface area contributed by atoms with Gasteiger partial charge in [-0.2, -0.15) is 0 Å². The first-order valence-electron chi connectivity index (χ1n) is 14.5. The molecule has 8 nitrogen and oxygen atoms in total. The van der Waals surface area contributed by atoms with E-state index in [0.29, 0.717) is 19.7 Å². The molecule has 0 aliphatic carbocycles. The van der Waals surface area contributed by atoms with Gasteiger partial charge in [-0.3, -0.25) is 0 Å². The standard InChI is InChI=1S/C21H28N2O3.C13H18BrNO2.Y/c1-5-25-19-12-10-18(11-13-19)23-17-8-6-16(7-9-17)14-15-22-20(24)26-21(2,3)4;1-13(2,3)17-12(16)15-9-8-10-4-6-11(14)7-5-10;/h6-13,23H,5,14-15H2,1-4H3,(H,22,24);4-7H,8-9H2,1-3H3,(H,15,16);. The molecule has 0 aromatic heterocycles. The molecule has 0 heterocycles. The number of hydrogen-bond donors (Lipinski definition) is 3. The first-order chi connectivity index (χ1) is 20.2. The molecule has 3 rings (SSSR count). The summed E-state index contributed by atoms with van der Waals surface area (Å²) >= 11 is 3.38. The number of ether oxygens (including phenoxy) is 3. The first-order valence-corrected chi connectivity index (χ1v) is 15.3. The van der Waals surface area contributed by atoms with Crippen LogP contribution in [0.15, 0.2) is 77.3 Å². The van der Waals surface area contributed by atoms with Crippen LogP contribution in [0.25, 0.3) is 0 Å². The third kappa shape index (κ3) is 18.3. The zero-order valence-corrected chi connectivity index (χ0v) is 31.4. The predicted octanol–water partition coefficient (Wildman–Crippen LogP) is 8.41. The van der Waals surface area contributed by atoms with Crippen molar-refractivity contribution in [2.75, 3.05) is 25.0 Å². The summed E-state index contributed by atoms with van der Waals surface area (Å²) in [4.78, 5) is 23.0. The molecule has 0 unspecified atom stereocenters. The maximum absolute atomic E-state index is 11.6. The molecular weight excluding hydrogens is 699 g/mol. The Hall–Kier alpha value is -2.62. The number of rotatable bonds is 10. The zero-order valence-electron chi connectivity index (χ0n) is 27.0. The van der Waals surface area contributed by atoms with Crippen molar-refractivity contribution in [3.63, 3.8) is 0 Å². The van der Waals surface area contributed by atoms with Gasteiger partial charge in [0.05, 0.1) is 6.61 Å². The maximum Gasteiger partial charge on any atom is 0.407 e. The van der Waals surface area contributed by atoms with Gasteiger partial charge in [0.25, 0.3) is 0 Å². The number of carbonyl (C=O) groups is 2. The summed E-state index contributed by atoms with van der Waals surface area (Å²) in [5.74, 6) is 0.867. The van der Waals surface area contributed by atoms with Gasteiger partial charge < -0.3 is 30.2 Å². The fourth-order valence-corrected chi connectivity index (χ4v) is 3.88. The van der Waals surface area contributed by atoms with Gasteiger partial charge in [0.2, 0.25) is 0 Å². The molecular formula is C34H46BrN3O5Y. The first kappa shape index (κ1) is 39.4. The molecule has 0 bridgehead atoms. The molecule has 44 heavy (non-hydrogen) atoms. The van der Waals surface area contributed by atoms with E-state index in [-0.39, 0.29) is 44.9 Å². The third-order valence-corrected chi connectivity index (χ3v) is 6.01. The van der Waals surface area contributed by atoms with Gasteiger partial charge in [-0.05, 0) is 121 Å². The minimum Gasteiger partial charge on any atom is -0.494 e. The van der Waals surface area contributed by atoms with Crippen molar-refractivity contribution < 1.29 is 56.5 Å². The van der Waals surface area contributed by atoms with Crippen LogP contribution >= 0.6 is 15.9 Å². The van der Waals surface area contributed by atoms with Crippen LogP contribution in [0.2, 0.25) is 0 Å². The molecule has 0 fully saturated rings. The largest absolute Gasteiger partial charge is 0.494 e. The number of hydrogen-bond acceptors (Lipinski definition) is 6. The number of halogens is 1. The Morgan fingerprint density at radius 2 is 1.05 bits per heavy atom. The molecule has 1 radical (unpaired) electrons. The van der Waals surface area contributed by atoms with E-state index in [2.05, 4.69) is 31.9 Å². The van der Waals surface area contributed by atoms with E-state index < -0.39 is 11.2 Å². The van der Waals surface area contributed by atoms with Crippen molar-refractivity contribution in [1.82, 2.24) is 10.6 Å². The molecule has 2 amide bonds. The Labute approximate surface area is 296 Å². The molecule has 0 aliphatic heterocycles. The number of benzene rings is 3. The quantitative estimate of drug-likeness (QED) is 0.193. The van der Waals surface area contributed by atoms with Crippen molar-refractivity contribution >= 4 is 39.5 Å². The van der Waals surface area contributed by atoms with Crippen molar-refractivity contribution in [2.24, 2.45) is 0 Å². The minimum atomic E-state index is -0.474. The van der Waals surface area contributed by atoms with E-state index in [1.54, 1.807) is 0 Å². The molecule has 3 N–H and O–H groups in total. The van der Waals surface area contributed by atoms with Crippen molar-refractivity contribution in [3.8, 4) is 5.75 Å². The number of amides is 2. The Balaban J connectivity index is 0.000000469. The summed E-state index contributed by atoms with van der Waals surface area (Å²) in [6.07, 6.45) is 0.802. The number of alkyl carbamates (subject to hydrolysis) is 2. The Bertz CT molecular complexity index is 1260. The monoisotopic (exact) mass is 744 g/mol. The van der Waals surface area contributed by atoms with Gasteiger partial charge in [-0.15, -0.1) is 0 Å². The fourth-order valence-electron chi connectivity index (χ4n) is 3.62. The smallest absolute Gasteiger partial charge is 0.407 e. The van der Waals surface area contributed by atoms with E-state index >= 15 is 0 Å². The van der Waals surface area contributed by atoms with Crippen LogP contribution in [0.3, 0.4) is 0 Å². The molecule has 0 aliphatic rings. The van der Waals surface area contributed by atoms with Crippen molar-refractivity contribution in [3.05, 3.63) is 88.4 Å². The Morgan fingerprint density at radius 1 is 0.659 bits per heavy atom. The summed E-state index contributed by atoms with van der Waals surface area (Å²) in [5.41, 5.74) is 3.44. The second kappa shape index (κ2) is 19.7. The van der Waals surface area contributed by atoms with E-state index in [1.165, 1.54) is 5.56 Å². The topological polar surface area (TPSA) is 97.9 Å². The van der Waals surface area contributed by atoms with Gasteiger partial charge in [-0.25, -0.2) is 9.59 Å². The normalized spacial score (nSPS) is 10.7. The van der Waals surface area contributed by atoms with Gasteiger partial charge >= 0.3 is 12.2 Å². The van der Waals surface area contributed by atoms with Crippen LogP contribution in [-0.4, -0.2) is 43.1 Å². The summed E-state index contributed by atoms with van der Waals surface area (Å²) in [6, 6.07) is 24.1. The summed E-state index contributed by atoms with van der Waals surface area (Å²) in [6.45, 7) is 14.9. The predicted molar refractivity (Wildman–Crippen MR) is 177 cm³/mol. The van der Waals surface area contributed by atoms with Crippen molar-refractivity contribution in [1.29, 1.82) is 0 Å². The van der Waals surface area contributed by atoms with Gasteiger partial charge in [0, 0.05) is 61.6 Å². The van der Waals surface area contributed by atoms with E-state index in [1.807, 2.05) is 121 Å². The number of anilines is 2. The number of carbonyl (C=O) groups excluding carboxylic acids is 2. The fraction of sp³-hybridized carbons (Fsp3) is 0.412. The van der Waals surface area contributed by atoms with E-state index in [0.717, 1.165) is 40.0 Å². The molecule has 3 aromatic rings. The maximum atomic E-state index is 11.6. The van der Waals surface area contributed by atoms with E-state index in [4.69, 9.17) is 14.2 Å². The average molecular weight is 746 g/mol. The molecule has 237 valence electrons. The van der Waals surface area contributed by atoms with Crippen LogP contribution in [0, 0.1) is 0 Å². The van der Waals surface area contributed by atoms with Gasteiger partial charge in [-0.1, -0.05) is 40.2 Å². The van der Waals surface area contributed by atoms with Gasteiger partial charge in [0.15, 0.2) is 0 Å². The second-order valence-corrected chi connectivity index (χ2v) is 12.7. The minimum absolute atomic E-state index is 0. The number of nitrogens with one attached hydrogen (secondary N) is 3. The average Bonchev–Trinajstić information content (AvgIpc) is 2.90. The Kier molecular flexibility index (Phi) is 17.6. The summed E-state index contributed by atoms with van der Waals surface area (Å²) < 4.78 is 16.9. The SMILES string of the molecule is CC(C)(C)OC(=O)NCCc1ccc(Br)cc1.CCOc1ccc(Nc2ccc(CCNC(=O)OC(C)(C)C)cc2)cc1.[Y]. The molecule has 0 atom stereocenters. The molecule has 0 saturated carbocycles. The molecule has 0 spiro atoms. The molecule has 10 heteroatoms. The van der Waals surface area contributed by atoms with Crippen LogP contribution in [0.1, 0.15) is 59.6 Å². The summed E-state index contributed by atoms with van der Waals surface area (Å²) in [5, 5.41) is 8.85.